The van der Waals surface area contributed by atoms with Gasteiger partial charge in [-0.2, -0.15) is 10.2 Å². The lowest BCUT2D eigenvalue weighted by Gasteiger charge is -2.18. The molecule has 0 spiro atoms. The molecular formula is C18H38N8S2. The Labute approximate surface area is 181 Å². The highest BCUT2D eigenvalue weighted by atomic mass is 32.1. The largest absolute Gasteiger partial charge is 0.360 e. The number of nitrogens with zero attached hydrogens (tertiary/aromatic N) is 4. The summed E-state index contributed by atoms with van der Waals surface area (Å²) in [7, 11) is 0. The molecule has 0 amide bonds. The third kappa shape index (κ3) is 12.9. The highest BCUT2D eigenvalue weighted by Crippen LogP contribution is 1.86. The first kappa shape index (κ1) is 26.6. The first-order valence-corrected chi connectivity index (χ1v) is 10.8. The number of hydrazone groups is 2. The van der Waals surface area contributed by atoms with E-state index >= 15 is 0 Å². The van der Waals surface area contributed by atoms with Crippen molar-refractivity contribution in [3.8, 4) is 0 Å². The maximum atomic E-state index is 5.24. The zero-order chi connectivity index (χ0) is 21.4. The van der Waals surface area contributed by atoms with Crippen molar-refractivity contribution in [2.75, 3.05) is 52.4 Å². The third-order valence-electron chi connectivity index (χ3n) is 4.39. The quantitative estimate of drug-likeness (QED) is 0.198. The molecule has 0 saturated carbocycles. The average Bonchev–Trinajstić information content (AvgIpc) is 2.70. The van der Waals surface area contributed by atoms with Gasteiger partial charge in [-0.3, -0.25) is 10.9 Å². The Balaban J connectivity index is 4.20. The molecule has 0 bridgehead atoms. The molecule has 0 rings (SSSR count). The summed E-state index contributed by atoms with van der Waals surface area (Å²) in [5.74, 6) is 0. The number of likely N-dealkylation sites (N-methyl/N-ethyl adjacent to an activating group) is 2. The third-order valence-corrected chi connectivity index (χ3v) is 4.86. The highest BCUT2D eigenvalue weighted by molar-refractivity contribution is 7.80. The Bertz CT molecular complexity index is 468. The van der Waals surface area contributed by atoms with Gasteiger partial charge in [0.05, 0.1) is 11.4 Å². The monoisotopic (exact) mass is 430 g/mol. The van der Waals surface area contributed by atoms with Crippen LogP contribution < -0.4 is 21.5 Å². The number of thiocarbonyl (C=S) groups is 2. The van der Waals surface area contributed by atoms with E-state index in [-0.39, 0.29) is 0 Å². The first-order chi connectivity index (χ1) is 13.4. The van der Waals surface area contributed by atoms with Crippen LogP contribution in [0, 0.1) is 0 Å². The molecule has 0 radical (unpaired) electrons. The maximum Gasteiger partial charge on any atom is 0.187 e. The van der Waals surface area contributed by atoms with Crippen LogP contribution in [-0.2, 0) is 0 Å². The van der Waals surface area contributed by atoms with Gasteiger partial charge in [-0.15, -0.1) is 0 Å². The minimum atomic E-state index is 0.501. The van der Waals surface area contributed by atoms with E-state index in [0.29, 0.717) is 10.2 Å². The van der Waals surface area contributed by atoms with Crippen LogP contribution in [0.5, 0.6) is 0 Å². The number of hydrogen-bond donors (Lipinski definition) is 4. The molecule has 0 aliphatic carbocycles. The van der Waals surface area contributed by atoms with Crippen LogP contribution in [0.1, 0.15) is 41.5 Å². The number of nitrogens with one attached hydrogen (secondary N) is 4. The maximum absolute atomic E-state index is 5.24. The molecule has 0 saturated heterocycles. The average molecular weight is 431 g/mol. The van der Waals surface area contributed by atoms with Crippen molar-refractivity contribution in [3.63, 3.8) is 0 Å². The Morgan fingerprint density at radius 2 is 1.00 bits per heavy atom. The van der Waals surface area contributed by atoms with Crippen molar-refractivity contribution in [2.24, 2.45) is 10.2 Å². The number of hydrogen-bond acceptors (Lipinski definition) is 6. The molecular weight excluding hydrogens is 392 g/mol. The molecule has 10 heteroatoms. The first-order valence-electron chi connectivity index (χ1n) is 9.99. The van der Waals surface area contributed by atoms with Crippen LogP contribution in [0.2, 0.25) is 0 Å². The SMILES string of the molecule is CCN(CC)CCNC(=S)N/N=C(C)/C(C)=N/NC(=S)NCCN(CC)CC. The van der Waals surface area contributed by atoms with Crippen molar-refractivity contribution in [1.82, 2.24) is 31.3 Å². The summed E-state index contributed by atoms with van der Waals surface area (Å²) in [5, 5.41) is 15.8. The van der Waals surface area contributed by atoms with Crippen LogP contribution in [0.25, 0.3) is 0 Å². The van der Waals surface area contributed by atoms with Crippen LogP contribution in [-0.4, -0.2) is 83.8 Å². The Morgan fingerprint density at radius 3 is 1.29 bits per heavy atom. The molecule has 4 N–H and O–H groups in total. The van der Waals surface area contributed by atoms with E-state index in [2.05, 4.69) is 69.2 Å². The molecule has 0 aromatic rings. The van der Waals surface area contributed by atoms with Gasteiger partial charge in [-0.25, -0.2) is 0 Å². The molecule has 0 aliphatic heterocycles. The molecule has 28 heavy (non-hydrogen) atoms. The van der Waals surface area contributed by atoms with E-state index in [0.717, 1.165) is 63.8 Å². The van der Waals surface area contributed by atoms with Crippen LogP contribution in [0.3, 0.4) is 0 Å². The lowest BCUT2D eigenvalue weighted by Crippen LogP contribution is -2.39. The van der Waals surface area contributed by atoms with Crippen molar-refractivity contribution in [3.05, 3.63) is 0 Å². The van der Waals surface area contributed by atoms with E-state index in [1.165, 1.54) is 0 Å². The molecule has 0 unspecified atom stereocenters. The van der Waals surface area contributed by atoms with Gasteiger partial charge in [0.1, 0.15) is 0 Å². The molecule has 0 aromatic carbocycles. The Kier molecular flexibility index (Phi) is 15.8. The standard InChI is InChI=1S/C18H38N8S2/c1-7-25(8-2)13-11-19-17(27)23-21-15(5)16(6)22-24-18(28)20-12-14-26(9-3)10-4/h7-14H2,1-6H3,(H2,19,23,27)(H2,20,24,28)/b21-15+,22-16+. The van der Waals surface area contributed by atoms with Gasteiger partial charge in [-0.1, -0.05) is 27.7 Å². The zero-order valence-corrected chi connectivity index (χ0v) is 19.9. The molecule has 0 aliphatic rings. The minimum Gasteiger partial charge on any atom is -0.360 e. The predicted octanol–water partition coefficient (Wildman–Crippen LogP) is 1.35. The summed E-state index contributed by atoms with van der Waals surface area (Å²) in [6.07, 6.45) is 0. The van der Waals surface area contributed by atoms with Gasteiger partial charge in [0.2, 0.25) is 0 Å². The summed E-state index contributed by atoms with van der Waals surface area (Å²) in [4.78, 5) is 4.65. The normalized spacial score (nSPS) is 12.3. The van der Waals surface area contributed by atoms with Crippen molar-refractivity contribution in [1.29, 1.82) is 0 Å². The van der Waals surface area contributed by atoms with E-state index in [9.17, 15) is 0 Å². The second-order valence-electron chi connectivity index (χ2n) is 6.18. The fourth-order valence-electron chi connectivity index (χ4n) is 2.24. The lowest BCUT2D eigenvalue weighted by atomic mass is 10.3. The van der Waals surface area contributed by atoms with E-state index in [1.54, 1.807) is 0 Å². The molecule has 0 heterocycles. The van der Waals surface area contributed by atoms with Gasteiger partial charge < -0.3 is 20.4 Å². The zero-order valence-electron chi connectivity index (χ0n) is 18.3. The molecule has 8 nitrogen and oxygen atoms in total. The second kappa shape index (κ2) is 16.6. The predicted molar refractivity (Wildman–Crippen MR) is 129 cm³/mol. The van der Waals surface area contributed by atoms with Crippen LogP contribution >= 0.6 is 24.4 Å². The molecule has 162 valence electrons. The molecule has 0 atom stereocenters. The van der Waals surface area contributed by atoms with Crippen molar-refractivity contribution in [2.45, 2.75) is 41.5 Å². The van der Waals surface area contributed by atoms with Crippen molar-refractivity contribution >= 4 is 46.1 Å². The topological polar surface area (TPSA) is 79.3 Å². The van der Waals surface area contributed by atoms with Crippen LogP contribution in [0.4, 0.5) is 0 Å². The van der Waals surface area contributed by atoms with E-state index < -0.39 is 0 Å². The van der Waals surface area contributed by atoms with E-state index in [1.807, 2.05) is 13.8 Å². The summed E-state index contributed by atoms with van der Waals surface area (Å²) in [5.41, 5.74) is 7.15. The van der Waals surface area contributed by atoms with Crippen LogP contribution in [0.15, 0.2) is 10.2 Å². The summed E-state index contributed by atoms with van der Waals surface area (Å²) in [6, 6.07) is 0. The second-order valence-corrected chi connectivity index (χ2v) is 7.00. The van der Waals surface area contributed by atoms with Crippen molar-refractivity contribution < 1.29 is 0 Å². The Hall–Kier alpha value is -1.36. The summed E-state index contributed by atoms with van der Waals surface area (Å²) < 4.78 is 0. The molecule has 0 aromatic heterocycles. The highest BCUT2D eigenvalue weighted by Gasteiger charge is 2.02. The van der Waals surface area contributed by atoms with E-state index in [4.69, 9.17) is 24.4 Å². The number of rotatable bonds is 13. The van der Waals surface area contributed by atoms with Gasteiger partial charge in [0.25, 0.3) is 0 Å². The van der Waals surface area contributed by atoms with Gasteiger partial charge >= 0.3 is 0 Å². The summed E-state index contributed by atoms with van der Waals surface area (Å²) in [6.45, 7) is 19.9. The smallest absolute Gasteiger partial charge is 0.187 e. The van der Waals surface area contributed by atoms with Gasteiger partial charge in [0.15, 0.2) is 10.2 Å². The molecule has 0 fully saturated rings. The van der Waals surface area contributed by atoms with Gasteiger partial charge in [-0.05, 0) is 64.5 Å². The minimum absolute atomic E-state index is 0.501. The Morgan fingerprint density at radius 1 is 0.679 bits per heavy atom. The van der Waals surface area contributed by atoms with Gasteiger partial charge in [0, 0.05) is 26.2 Å². The summed E-state index contributed by atoms with van der Waals surface area (Å²) >= 11 is 10.5. The fourth-order valence-corrected chi connectivity index (χ4v) is 2.54. The lowest BCUT2D eigenvalue weighted by molar-refractivity contribution is 0.308. The fraction of sp³-hybridized carbons (Fsp3) is 0.778.